The van der Waals surface area contributed by atoms with Crippen LogP contribution in [-0.4, -0.2) is 45.4 Å². The predicted molar refractivity (Wildman–Crippen MR) is 121 cm³/mol. The van der Waals surface area contributed by atoms with Gasteiger partial charge in [0.2, 0.25) is 0 Å². The van der Waals surface area contributed by atoms with Crippen molar-refractivity contribution in [3.8, 4) is 17.0 Å². The Kier molecular flexibility index (Phi) is 6.60. The lowest BCUT2D eigenvalue weighted by molar-refractivity contribution is -0.274. The third kappa shape index (κ3) is 5.06. The lowest BCUT2D eigenvalue weighted by Crippen LogP contribution is -2.29. The van der Waals surface area contributed by atoms with Gasteiger partial charge in [0.25, 0.3) is 0 Å². The summed E-state index contributed by atoms with van der Waals surface area (Å²) in [6.07, 6.45) is 3.16. The van der Waals surface area contributed by atoms with Crippen LogP contribution in [0.4, 0.5) is 19.0 Å². The molecule has 4 rings (SSSR count). The number of anilines is 1. The van der Waals surface area contributed by atoms with Crippen molar-refractivity contribution in [3.05, 3.63) is 35.6 Å². The van der Waals surface area contributed by atoms with E-state index in [0.717, 1.165) is 35.3 Å². The van der Waals surface area contributed by atoms with E-state index in [1.54, 1.807) is 18.0 Å². The third-order valence-corrected chi connectivity index (χ3v) is 6.27. The summed E-state index contributed by atoms with van der Waals surface area (Å²) in [5.41, 5.74) is 1.58. The van der Waals surface area contributed by atoms with Crippen LogP contribution >= 0.6 is 39.3 Å². The van der Waals surface area contributed by atoms with Crippen molar-refractivity contribution >= 4 is 50.8 Å². The highest BCUT2D eigenvalue weighted by Gasteiger charge is 2.32. The molecule has 31 heavy (non-hydrogen) atoms. The highest BCUT2D eigenvalue weighted by molar-refractivity contribution is 9.09. The molecule has 2 heterocycles. The molecule has 1 saturated carbocycles. The summed E-state index contributed by atoms with van der Waals surface area (Å²) in [7, 11) is 0. The van der Waals surface area contributed by atoms with Crippen molar-refractivity contribution in [2.24, 2.45) is 5.92 Å². The number of halogens is 5. The summed E-state index contributed by atoms with van der Waals surface area (Å²) < 4.78 is 43.5. The molecule has 0 atom stereocenters. The molecule has 166 valence electrons. The summed E-state index contributed by atoms with van der Waals surface area (Å²) in [5, 5.41) is 1.79. The highest BCUT2D eigenvalue weighted by atomic mass is 79.9. The summed E-state index contributed by atoms with van der Waals surface area (Å²) >= 11 is 11.4. The first-order valence-electron chi connectivity index (χ1n) is 9.58. The van der Waals surface area contributed by atoms with Crippen LogP contribution < -0.4 is 9.64 Å². The topological polar surface area (TPSA) is 42.7 Å². The lowest BCUT2D eigenvalue weighted by atomic mass is 10.1. The predicted octanol–water partition coefficient (Wildman–Crippen LogP) is 6.28. The highest BCUT2D eigenvalue weighted by Crippen LogP contribution is 2.39. The van der Waals surface area contributed by atoms with E-state index in [0.29, 0.717) is 22.8 Å². The molecule has 0 saturated heterocycles. The summed E-state index contributed by atoms with van der Waals surface area (Å²) in [6, 6.07) is 3.84. The van der Waals surface area contributed by atoms with Crippen LogP contribution in [-0.2, 0) is 0 Å². The molecule has 0 amide bonds. The SMILES string of the molecule is CSc1nc2c(-c3ccc(OC(F)(F)F)cc3Cl)nccn2c1N(CCBr)CC1CC1. The second kappa shape index (κ2) is 9.07. The zero-order chi connectivity index (χ0) is 22.2. The summed E-state index contributed by atoms with van der Waals surface area (Å²) in [5.74, 6) is 1.30. The molecule has 3 aromatic rings. The van der Waals surface area contributed by atoms with E-state index in [1.165, 1.54) is 25.0 Å². The molecule has 5 nitrogen and oxygen atoms in total. The molecule has 0 unspecified atom stereocenters. The maximum absolute atomic E-state index is 12.5. The van der Waals surface area contributed by atoms with Gasteiger partial charge in [-0.3, -0.25) is 9.38 Å². The van der Waals surface area contributed by atoms with Crippen molar-refractivity contribution in [2.45, 2.75) is 24.2 Å². The van der Waals surface area contributed by atoms with Gasteiger partial charge in [-0.05, 0) is 43.2 Å². The molecule has 1 aromatic carbocycles. The number of ether oxygens (including phenoxy) is 1. The first kappa shape index (κ1) is 22.5. The molecule has 11 heteroatoms. The molecule has 0 aliphatic heterocycles. The standard InChI is InChI=1S/C20H19BrClF3N4OS/c1-31-18-19(28(8-6-21)11-12-2-3-12)29-9-7-26-16(17(29)27-18)14-5-4-13(10-15(14)22)30-20(23,24)25/h4-5,7,9-10,12H,2-3,6,8,11H2,1H3. The van der Waals surface area contributed by atoms with Gasteiger partial charge in [0.05, 0.1) is 5.02 Å². The maximum atomic E-state index is 12.5. The van der Waals surface area contributed by atoms with Crippen molar-refractivity contribution in [1.29, 1.82) is 0 Å². The van der Waals surface area contributed by atoms with Gasteiger partial charge in [-0.15, -0.1) is 24.9 Å². The minimum absolute atomic E-state index is 0.105. The van der Waals surface area contributed by atoms with E-state index in [9.17, 15) is 13.2 Å². The fourth-order valence-corrected chi connectivity index (χ4v) is 4.72. The van der Waals surface area contributed by atoms with Gasteiger partial charge in [0.1, 0.15) is 22.3 Å². The van der Waals surface area contributed by atoms with Gasteiger partial charge in [0, 0.05) is 36.4 Å². The van der Waals surface area contributed by atoms with Crippen molar-refractivity contribution in [3.63, 3.8) is 0 Å². The number of benzene rings is 1. The third-order valence-electron chi connectivity index (χ3n) is 4.94. The molecular weight excluding hydrogens is 517 g/mol. The van der Waals surface area contributed by atoms with Crippen molar-refractivity contribution < 1.29 is 17.9 Å². The number of fused-ring (bicyclic) bond motifs is 1. The molecule has 1 aliphatic carbocycles. The normalized spacial score (nSPS) is 14.3. The lowest BCUT2D eigenvalue weighted by Gasteiger charge is -2.24. The van der Waals surface area contributed by atoms with Crippen molar-refractivity contribution in [1.82, 2.24) is 14.4 Å². The van der Waals surface area contributed by atoms with Gasteiger partial charge in [-0.1, -0.05) is 27.5 Å². The van der Waals surface area contributed by atoms with Gasteiger partial charge in [-0.2, -0.15) is 0 Å². The van der Waals surface area contributed by atoms with E-state index >= 15 is 0 Å². The molecule has 0 radical (unpaired) electrons. The molecule has 2 aromatic heterocycles. The van der Waals surface area contributed by atoms with Crippen LogP contribution in [0.1, 0.15) is 12.8 Å². The first-order chi connectivity index (χ1) is 14.8. The number of thioether (sulfide) groups is 1. The minimum atomic E-state index is -4.78. The van der Waals surface area contributed by atoms with Crippen LogP contribution in [0, 0.1) is 5.92 Å². The molecule has 0 spiro atoms. The first-order valence-corrected chi connectivity index (χ1v) is 12.3. The molecule has 1 fully saturated rings. The minimum Gasteiger partial charge on any atom is -0.406 e. The number of nitrogens with zero attached hydrogens (tertiary/aromatic N) is 4. The van der Waals surface area contributed by atoms with Crippen LogP contribution in [0.2, 0.25) is 5.02 Å². The largest absolute Gasteiger partial charge is 0.573 e. The van der Waals surface area contributed by atoms with Crippen LogP contribution in [0.25, 0.3) is 16.9 Å². The Bertz CT molecular complexity index is 1090. The fourth-order valence-electron chi connectivity index (χ4n) is 3.44. The number of hydrogen-bond acceptors (Lipinski definition) is 5. The zero-order valence-corrected chi connectivity index (χ0v) is 19.7. The number of rotatable bonds is 8. The van der Waals surface area contributed by atoms with E-state index in [1.807, 2.05) is 16.9 Å². The zero-order valence-electron chi connectivity index (χ0n) is 16.5. The van der Waals surface area contributed by atoms with Gasteiger partial charge < -0.3 is 9.64 Å². The van der Waals surface area contributed by atoms with Gasteiger partial charge >= 0.3 is 6.36 Å². The number of aromatic nitrogens is 3. The monoisotopic (exact) mass is 534 g/mol. The molecule has 0 N–H and O–H groups in total. The summed E-state index contributed by atoms with van der Waals surface area (Å²) in [6.45, 7) is 1.79. The van der Waals surface area contributed by atoms with Gasteiger partial charge in [-0.25, -0.2) is 4.98 Å². The van der Waals surface area contributed by atoms with Crippen LogP contribution in [0.5, 0.6) is 5.75 Å². The van der Waals surface area contributed by atoms with Crippen LogP contribution in [0.3, 0.4) is 0 Å². The number of alkyl halides is 4. The molecule has 0 bridgehead atoms. The average Bonchev–Trinajstić information content (AvgIpc) is 3.43. The Morgan fingerprint density at radius 3 is 2.74 bits per heavy atom. The number of hydrogen-bond donors (Lipinski definition) is 0. The van der Waals surface area contributed by atoms with Crippen molar-refractivity contribution in [2.75, 3.05) is 29.6 Å². The Morgan fingerprint density at radius 2 is 2.13 bits per heavy atom. The fraction of sp³-hybridized carbons (Fsp3) is 0.400. The summed E-state index contributed by atoms with van der Waals surface area (Å²) in [4.78, 5) is 11.6. The maximum Gasteiger partial charge on any atom is 0.573 e. The average molecular weight is 536 g/mol. The van der Waals surface area contributed by atoms with E-state index in [2.05, 4.69) is 30.6 Å². The van der Waals surface area contributed by atoms with E-state index in [4.69, 9.17) is 16.6 Å². The second-order valence-corrected chi connectivity index (χ2v) is 9.18. The Balaban J connectivity index is 1.79. The van der Waals surface area contributed by atoms with Crippen LogP contribution in [0.15, 0.2) is 35.6 Å². The number of imidazole rings is 1. The van der Waals surface area contributed by atoms with E-state index < -0.39 is 6.36 Å². The van der Waals surface area contributed by atoms with Gasteiger partial charge in [0.15, 0.2) is 5.65 Å². The Hall–Kier alpha value is -1.65. The Labute approximate surface area is 195 Å². The molecule has 1 aliphatic rings. The second-order valence-electron chi connectivity index (χ2n) is 7.18. The molecular formula is C20H19BrClF3N4OS. The Morgan fingerprint density at radius 1 is 1.35 bits per heavy atom. The smallest absolute Gasteiger partial charge is 0.406 e. The quantitative estimate of drug-likeness (QED) is 0.251. The van der Waals surface area contributed by atoms with E-state index in [-0.39, 0.29) is 10.8 Å².